The molecule has 0 atom stereocenters. The van der Waals surface area contributed by atoms with Crippen LogP contribution in [0.15, 0.2) is 54.0 Å². The molecule has 1 aliphatic rings. The number of aromatic amines is 1. The first-order valence-corrected chi connectivity index (χ1v) is 8.04. The van der Waals surface area contributed by atoms with E-state index in [-0.39, 0.29) is 5.91 Å². The van der Waals surface area contributed by atoms with E-state index >= 15 is 0 Å². The molecule has 0 unspecified atom stereocenters. The van der Waals surface area contributed by atoms with E-state index in [1.807, 2.05) is 60.1 Å². The van der Waals surface area contributed by atoms with E-state index in [9.17, 15) is 4.79 Å². The molecule has 4 heteroatoms. The summed E-state index contributed by atoms with van der Waals surface area (Å²) >= 11 is 1.62. The molecule has 110 valence electrons. The quantitative estimate of drug-likeness (QED) is 0.518. The third-order valence-electron chi connectivity index (χ3n) is 3.58. The Morgan fingerprint density at radius 3 is 2.83 bits per heavy atom. The van der Waals surface area contributed by atoms with Crippen LogP contribution in [0.4, 0.5) is 5.69 Å². The predicted molar refractivity (Wildman–Crippen MR) is 94.0 cm³/mol. The van der Waals surface area contributed by atoms with Crippen LogP contribution < -0.4 is 5.32 Å². The molecule has 2 aromatic heterocycles. The van der Waals surface area contributed by atoms with Crippen molar-refractivity contribution in [3.63, 3.8) is 0 Å². The highest BCUT2D eigenvalue weighted by atomic mass is 32.1. The molecular weight excluding hydrogens is 304 g/mol. The second-order valence-electron chi connectivity index (χ2n) is 5.13. The molecule has 1 aliphatic heterocycles. The van der Waals surface area contributed by atoms with Crippen LogP contribution in [-0.4, -0.2) is 10.9 Å². The van der Waals surface area contributed by atoms with Crippen molar-refractivity contribution >= 4 is 34.6 Å². The highest BCUT2D eigenvalue weighted by Gasteiger charge is 2.24. The number of hydrogen-bond acceptors (Lipinski definition) is 2. The smallest absolute Gasteiger partial charge is 0.256 e. The van der Waals surface area contributed by atoms with Crippen molar-refractivity contribution in [2.75, 3.05) is 5.32 Å². The average molecular weight is 316 g/mol. The minimum atomic E-state index is -0.0852. The maximum atomic E-state index is 12.2. The Labute approximate surface area is 137 Å². The molecule has 0 bridgehead atoms. The molecule has 0 fully saturated rings. The molecule has 2 N–H and O–H groups in total. The van der Waals surface area contributed by atoms with Gasteiger partial charge in [0.25, 0.3) is 5.91 Å². The van der Waals surface area contributed by atoms with Crippen LogP contribution in [-0.2, 0) is 4.79 Å². The third-order valence-corrected chi connectivity index (χ3v) is 4.36. The van der Waals surface area contributed by atoms with Crippen LogP contribution in [0.1, 0.15) is 21.7 Å². The van der Waals surface area contributed by atoms with Crippen LogP contribution in [0, 0.1) is 11.8 Å². The summed E-state index contributed by atoms with van der Waals surface area (Å²) in [5, 5.41) is 4.90. The summed E-state index contributed by atoms with van der Waals surface area (Å²) in [4.78, 5) is 16.3. The van der Waals surface area contributed by atoms with Gasteiger partial charge in [0, 0.05) is 28.7 Å². The SMILES string of the molecule is O=C1Nc2ccc(C#Cc3cccs3)cc2C1=Cc1ccc[nH]1. The van der Waals surface area contributed by atoms with Crippen LogP contribution in [0.5, 0.6) is 0 Å². The van der Waals surface area contributed by atoms with Gasteiger partial charge in [0.05, 0.1) is 10.5 Å². The average Bonchev–Trinajstić information content (AvgIpc) is 3.29. The lowest BCUT2D eigenvalue weighted by Crippen LogP contribution is -2.03. The normalized spacial score (nSPS) is 14.3. The Hall–Kier alpha value is -3.03. The number of carbonyl (C=O) groups is 1. The van der Waals surface area contributed by atoms with Gasteiger partial charge in [0.2, 0.25) is 0 Å². The lowest BCUT2D eigenvalue weighted by molar-refractivity contribution is -0.110. The number of nitrogens with one attached hydrogen (secondary N) is 2. The van der Waals surface area contributed by atoms with Crippen molar-refractivity contribution in [1.29, 1.82) is 0 Å². The minimum Gasteiger partial charge on any atom is -0.362 e. The zero-order chi connectivity index (χ0) is 15.6. The molecule has 1 aromatic carbocycles. The number of anilines is 1. The highest BCUT2D eigenvalue weighted by Crippen LogP contribution is 2.33. The number of rotatable bonds is 1. The largest absolute Gasteiger partial charge is 0.362 e. The first-order valence-electron chi connectivity index (χ1n) is 7.16. The Balaban J connectivity index is 1.73. The van der Waals surface area contributed by atoms with E-state index in [4.69, 9.17) is 0 Å². The van der Waals surface area contributed by atoms with Gasteiger partial charge < -0.3 is 10.3 Å². The fraction of sp³-hybridized carbons (Fsp3) is 0. The summed E-state index contributed by atoms with van der Waals surface area (Å²) in [6.45, 7) is 0. The van der Waals surface area contributed by atoms with Gasteiger partial charge >= 0.3 is 0 Å². The van der Waals surface area contributed by atoms with Gasteiger partial charge in [-0.2, -0.15) is 0 Å². The number of benzene rings is 1. The second kappa shape index (κ2) is 5.64. The number of hydrogen-bond donors (Lipinski definition) is 2. The molecule has 3 heterocycles. The van der Waals surface area contributed by atoms with Crippen molar-refractivity contribution in [3.8, 4) is 11.8 Å². The maximum absolute atomic E-state index is 12.2. The molecule has 0 spiro atoms. The number of H-pyrrole nitrogens is 1. The lowest BCUT2D eigenvalue weighted by Gasteiger charge is -1.99. The van der Waals surface area contributed by atoms with Gasteiger partial charge in [-0.05, 0) is 47.9 Å². The first kappa shape index (κ1) is 13.6. The predicted octanol–water partition coefficient (Wildman–Crippen LogP) is 3.97. The fourth-order valence-corrected chi connectivity index (χ4v) is 3.05. The van der Waals surface area contributed by atoms with Crippen LogP contribution in [0.25, 0.3) is 11.6 Å². The Morgan fingerprint density at radius 2 is 2.04 bits per heavy atom. The zero-order valence-electron chi connectivity index (χ0n) is 12.1. The van der Waals surface area contributed by atoms with Crippen molar-refractivity contribution in [3.05, 3.63) is 75.7 Å². The van der Waals surface area contributed by atoms with E-state index in [0.717, 1.165) is 27.4 Å². The molecule has 0 saturated carbocycles. The van der Waals surface area contributed by atoms with E-state index in [1.165, 1.54) is 0 Å². The highest BCUT2D eigenvalue weighted by molar-refractivity contribution is 7.10. The molecule has 1 amide bonds. The van der Waals surface area contributed by atoms with E-state index in [0.29, 0.717) is 5.57 Å². The van der Waals surface area contributed by atoms with Crippen LogP contribution in [0.3, 0.4) is 0 Å². The van der Waals surface area contributed by atoms with Gasteiger partial charge in [0.1, 0.15) is 0 Å². The summed E-state index contributed by atoms with van der Waals surface area (Å²) < 4.78 is 0. The maximum Gasteiger partial charge on any atom is 0.256 e. The molecule has 3 aromatic rings. The zero-order valence-corrected chi connectivity index (χ0v) is 12.9. The summed E-state index contributed by atoms with van der Waals surface area (Å²) in [7, 11) is 0. The monoisotopic (exact) mass is 316 g/mol. The molecule has 4 rings (SSSR count). The molecule has 0 aliphatic carbocycles. The van der Waals surface area contributed by atoms with Gasteiger partial charge in [-0.3, -0.25) is 4.79 Å². The van der Waals surface area contributed by atoms with Crippen LogP contribution in [0.2, 0.25) is 0 Å². The summed E-state index contributed by atoms with van der Waals surface area (Å²) in [6.07, 6.45) is 3.70. The van der Waals surface area contributed by atoms with Gasteiger partial charge in [-0.1, -0.05) is 17.9 Å². The molecule has 0 radical (unpaired) electrons. The van der Waals surface area contributed by atoms with Crippen molar-refractivity contribution in [2.24, 2.45) is 0 Å². The van der Waals surface area contributed by atoms with Crippen LogP contribution >= 0.6 is 11.3 Å². The number of thiophene rings is 1. The Bertz CT molecular complexity index is 955. The topological polar surface area (TPSA) is 44.9 Å². The number of amides is 1. The van der Waals surface area contributed by atoms with E-state index in [1.54, 1.807) is 11.3 Å². The summed E-state index contributed by atoms with van der Waals surface area (Å²) in [6, 6.07) is 13.6. The molecular formula is C19H12N2OS. The van der Waals surface area contributed by atoms with Gasteiger partial charge in [-0.15, -0.1) is 11.3 Å². The Morgan fingerprint density at radius 1 is 1.09 bits per heavy atom. The van der Waals surface area contributed by atoms with Crippen molar-refractivity contribution in [1.82, 2.24) is 4.98 Å². The Kier molecular flexibility index (Phi) is 3.34. The molecule has 23 heavy (non-hydrogen) atoms. The summed E-state index contributed by atoms with van der Waals surface area (Å²) in [5.41, 5.74) is 4.17. The van der Waals surface area contributed by atoms with E-state index in [2.05, 4.69) is 22.1 Å². The molecule has 3 nitrogen and oxygen atoms in total. The van der Waals surface area contributed by atoms with Crippen molar-refractivity contribution < 1.29 is 4.79 Å². The summed E-state index contributed by atoms with van der Waals surface area (Å²) in [5.74, 6) is 6.21. The minimum absolute atomic E-state index is 0.0852. The van der Waals surface area contributed by atoms with Gasteiger partial charge in [0.15, 0.2) is 0 Å². The first-order chi connectivity index (χ1) is 11.3. The second-order valence-corrected chi connectivity index (χ2v) is 6.07. The van der Waals surface area contributed by atoms with E-state index < -0.39 is 0 Å². The fourth-order valence-electron chi connectivity index (χ4n) is 2.48. The third kappa shape index (κ3) is 2.70. The lowest BCUT2D eigenvalue weighted by atomic mass is 10.0. The van der Waals surface area contributed by atoms with Gasteiger partial charge in [-0.25, -0.2) is 0 Å². The number of aromatic nitrogens is 1. The standard InChI is InChI=1S/C19H12N2OS/c22-19-17(12-14-3-1-9-20-14)16-11-13(6-8-18(16)21-19)5-7-15-4-2-10-23-15/h1-4,6,8-12,20H,(H,21,22). The molecule has 0 saturated heterocycles. The number of carbonyl (C=O) groups excluding carboxylic acids is 1. The number of fused-ring (bicyclic) bond motifs is 1. The van der Waals surface area contributed by atoms with Crippen molar-refractivity contribution in [2.45, 2.75) is 0 Å².